The monoisotopic (exact) mass is 183 g/mol. The van der Waals surface area contributed by atoms with Gasteiger partial charge in [0.2, 0.25) is 5.91 Å². The van der Waals surface area contributed by atoms with Crippen molar-refractivity contribution in [3.63, 3.8) is 0 Å². The van der Waals surface area contributed by atoms with Crippen LogP contribution in [0.3, 0.4) is 0 Å². The number of carbonyl (C=O) groups excluding carboxylic acids is 1. The Kier molecular flexibility index (Phi) is 5.90. The van der Waals surface area contributed by atoms with Crippen LogP contribution in [0, 0.1) is 17.2 Å². The zero-order valence-electron chi connectivity index (χ0n) is 8.42. The van der Waals surface area contributed by atoms with E-state index < -0.39 is 0 Å². The number of hydrogen-bond acceptors (Lipinski definition) is 3. The first-order chi connectivity index (χ1) is 6.07. The zero-order valence-corrected chi connectivity index (χ0v) is 8.42. The molecule has 0 aromatic heterocycles. The second-order valence-electron chi connectivity index (χ2n) is 3.40. The van der Waals surface area contributed by atoms with Crippen molar-refractivity contribution in [2.75, 3.05) is 13.1 Å². The van der Waals surface area contributed by atoms with Crippen LogP contribution in [0.2, 0.25) is 0 Å². The molecule has 0 bridgehead atoms. The summed E-state index contributed by atoms with van der Waals surface area (Å²) in [6, 6.07) is 1.63. The zero-order chi connectivity index (χ0) is 10.3. The topological polar surface area (TPSA) is 64.9 Å². The molecular formula is C9H17N3O. The average Bonchev–Trinajstić information content (AvgIpc) is 2.10. The molecular weight excluding hydrogens is 166 g/mol. The van der Waals surface area contributed by atoms with Gasteiger partial charge in [-0.15, -0.1) is 0 Å². The fraction of sp³-hybridized carbons (Fsp3) is 0.778. The molecule has 0 saturated carbocycles. The van der Waals surface area contributed by atoms with E-state index in [1.54, 1.807) is 6.92 Å². The Morgan fingerprint density at radius 2 is 2.08 bits per heavy atom. The predicted molar refractivity (Wildman–Crippen MR) is 50.9 cm³/mol. The summed E-state index contributed by atoms with van der Waals surface area (Å²) in [7, 11) is 0. The standard InChI is InChI=1S/C9H17N3O/c1-7(2)6-12-9(13)8(3)11-5-4-10/h7-8,11H,5-6H2,1-3H3,(H,12,13). The first kappa shape index (κ1) is 11.9. The molecule has 13 heavy (non-hydrogen) atoms. The highest BCUT2D eigenvalue weighted by Gasteiger charge is 2.10. The lowest BCUT2D eigenvalue weighted by Crippen LogP contribution is -2.43. The maximum absolute atomic E-state index is 11.3. The summed E-state index contributed by atoms with van der Waals surface area (Å²) >= 11 is 0. The molecule has 4 nitrogen and oxygen atoms in total. The van der Waals surface area contributed by atoms with Crippen molar-refractivity contribution < 1.29 is 4.79 Å². The molecule has 1 atom stereocenters. The van der Waals surface area contributed by atoms with Crippen LogP contribution in [0.1, 0.15) is 20.8 Å². The predicted octanol–water partition coefficient (Wildman–Crippen LogP) is 0.260. The average molecular weight is 183 g/mol. The van der Waals surface area contributed by atoms with E-state index in [9.17, 15) is 4.79 Å². The van der Waals surface area contributed by atoms with Crippen LogP contribution < -0.4 is 10.6 Å². The third kappa shape index (κ3) is 6.12. The fourth-order valence-corrected chi connectivity index (χ4v) is 0.749. The van der Waals surface area contributed by atoms with Crippen molar-refractivity contribution in [3.05, 3.63) is 0 Å². The Morgan fingerprint density at radius 3 is 2.54 bits per heavy atom. The molecule has 0 aliphatic rings. The first-order valence-electron chi connectivity index (χ1n) is 4.46. The summed E-state index contributed by atoms with van der Waals surface area (Å²) in [4.78, 5) is 11.3. The van der Waals surface area contributed by atoms with E-state index in [1.165, 1.54) is 0 Å². The molecule has 0 aromatic rings. The molecule has 0 fully saturated rings. The van der Waals surface area contributed by atoms with Crippen LogP contribution in [-0.2, 0) is 4.79 Å². The minimum Gasteiger partial charge on any atom is -0.354 e. The van der Waals surface area contributed by atoms with Crippen LogP contribution in [-0.4, -0.2) is 25.0 Å². The maximum atomic E-state index is 11.3. The molecule has 0 aliphatic heterocycles. The normalized spacial score (nSPS) is 12.2. The number of nitrogens with one attached hydrogen (secondary N) is 2. The number of amides is 1. The van der Waals surface area contributed by atoms with Crippen molar-refractivity contribution in [1.82, 2.24) is 10.6 Å². The molecule has 0 saturated heterocycles. The molecule has 0 rings (SSSR count). The van der Waals surface area contributed by atoms with Crippen LogP contribution in [0.15, 0.2) is 0 Å². The van der Waals surface area contributed by atoms with E-state index in [2.05, 4.69) is 10.6 Å². The molecule has 4 heteroatoms. The third-order valence-electron chi connectivity index (χ3n) is 1.57. The Bertz CT molecular complexity index is 196. The summed E-state index contributed by atoms with van der Waals surface area (Å²) in [5.74, 6) is 0.399. The highest BCUT2D eigenvalue weighted by Crippen LogP contribution is 1.88. The van der Waals surface area contributed by atoms with Gasteiger partial charge in [-0.3, -0.25) is 10.1 Å². The van der Waals surface area contributed by atoms with Gasteiger partial charge in [0, 0.05) is 6.54 Å². The molecule has 0 aliphatic carbocycles. The molecule has 0 spiro atoms. The Balaban J connectivity index is 3.64. The summed E-state index contributed by atoms with van der Waals surface area (Å²) in [6.07, 6.45) is 0. The van der Waals surface area contributed by atoms with E-state index in [0.29, 0.717) is 12.5 Å². The Morgan fingerprint density at radius 1 is 1.46 bits per heavy atom. The molecule has 1 unspecified atom stereocenters. The van der Waals surface area contributed by atoms with Crippen LogP contribution in [0.5, 0.6) is 0 Å². The van der Waals surface area contributed by atoms with E-state index in [1.807, 2.05) is 19.9 Å². The van der Waals surface area contributed by atoms with Crippen LogP contribution in [0.25, 0.3) is 0 Å². The number of hydrogen-bond donors (Lipinski definition) is 2. The molecule has 0 radical (unpaired) electrons. The van der Waals surface area contributed by atoms with E-state index in [0.717, 1.165) is 0 Å². The number of carbonyl (C=O) groups is 1. The van der Waals surface area contributed by atoms with Gasteiger partial charge in [0.05, 0.1) is 18.7 Å². The SMILES string of the molecule is CC(C)CNC(=O)C(C)NCC#N. The Labute approximate surface area is 79.3 Å². The minimum atomic E-state index is -0.293. The van der Waals surface area contributed by atoms with Crippen molar-refractivity contribution >= 4 is 5.91 Å². The van der Waals surface area contributed by atoms with Crippen LogP contribution in [0.4, 0.5) is 0 Å². The van der Waals surface area contributed by atoms with Crippen molar-refractivity contribution in [1.29, 1.82) is 5.26 Å². The van der Waals surface area contributed by atoms with Gasteiger partial charge in [-0.05, 0) is 12.8 Å². The van der Waals surface area contributed by atoms with Crippen molar-refractivity contribution in [2.45, 2.75) is 26.8 Å². The minimum absolute atomic E-state index is 0.0519. The lowest BCUT2D eigenvalue weighted by Gasteiger charge is -2.13. The second-order valence-corrected chi connectivity index (χ2v) is 3.40. The van der Waals surface area contributed by atoms with Gasteiger partial charge in [-0.1, -0.05) is 13.8 Å². The molecule has 0 aromatic carbocycles. The highest BCUT2D eigenvalue weighted by atomic mass is 16.2. The highest BCUT2D eigenvalue weighted by molar-refractivity contribution is 5.81. The quantitative estimate of drug-likeness (QED) is 0.601. The second kappa shape index (κ2) is 6.44. The molecule has 1 amide bonds. The van der Waals surface area contributed by atoms with Gasteiger partial charge in [-0.2, -0.15) is 5.26 Å². The maximum Gasteiger partial charge on any atom is 0.236 e. The van der Waals surface area contributed by atoms with Crippen molar-refractivity contribution in [2.24, 2.45) is 5.92 Å². The molecule has 2 N–H and O–H groups in total. The van der Waals surface area contributed by atoms with E-state index in [-0.39, 0.29) is 18.5 Å². The van der Waals surface area contributed by atoms with Gasteiger partial charge in [-0.25, -0.2) is 0 Å². The van der Waals surface area contributed by atoms with E-state index in [4.69, 9.17) is 5.26 Å². The summed E-state index contributed by atoms with van der Waals surface area (Å²) < 4.78 is 0. The lowest BCUT2D eigenvalue weighted by atomic mass is 10.2. The van der Waals surface area contributed by atoms with Gasteiger partial charge in [0.1, 0.15) is 0 Å². The van der Waals surface area contributed by atoms with Crippen LogP contribution >= 0.6 is 0 Å². The fourth-order valence-electron chi connectivity index (χ4n) is 0.749. The van der Waals surface area contributed by atoms with Gasteiger partial charge >= 0.3 is 0 Å². The van der Waals surface area contributed by atoms with Gasteiger partial charge in [0.25, 0.3) is 0 Å². The Hall–Kier alpha value is -1.08. The number of nitriles is 1. The van der Waals surface area contributed by atoms with E-state index >= 15 is 0 Å². The number of rotatable bonds is 5. The third-order valence-corrected chi connectivity index (χ3v) is 1.57. The lowest BCUT2D eigenvalue weighted by molar-refractivity contribution is -0.122. The first-order valence-corrected chi connectivity index (χ1v) is 4.46. The number of nitrogens with zero attached hydrogens (tertiary/aromatic N) is 1. The largest absolute Gasteiger partial charge is 0.354 e. The summed E-state index contributed by atoms with van der Waals surface area (Å²) in [5.41, 5.74) is 0. The summed E-state index contributed by atoms with van der Waals surface area (Å²) in [5, 5.41) is 13.8. The smallest absolute Gasteiger partial charge is 0.236 e. The van der Waals surface area contributed by atoms with Crippen molar-refractivity contribution in [3.8, 4) is 6.07 Å². The summed E-state index contributed by atoms with van der Waals surface area (Å²) in [6.45, 7) is 6.70. The molecule has 0 heterocycles. The van der Waals surface area contributed by atoms with Gasteiger partial charge < -0.3 is 5.32 Å². The van der Waals surface area contributed by atoms with Gasteiger partial charge in [0.15, 0.2) is 0 Å². The molecule has 74 valence electrons.